The lowest BCUT2D eigenvalue weighted by Crippen LogP contribution is -2.05. The normalized spacial score (nSPS) is 12.9. The molecule has 0 atom stereocenters. The molecule has 0 unspecified atom stereocenters. The molecule has 23 heavy (non-hydrogen) atoms. The van der Waals surface area contributed by atoms with Gasteiger partial charge in [-0.2, -0.15) is 0 Å². The Bertz CT molecular complexity index is 752. The van der Waals surface area contributed by atoms with E-state index in [0.29, 0.717) is 0 Å². The van der Waals surface area contributed by atoms with Gasteiger partial charge in [-0.3, -0.25) is 4.98 Å². The second-order valence-electron chi connectivity index (χ2n) is 5.88. The minimum absolute atomic E-state index is 0.0693. The molecule has 2 nitrogen and oxygen atoms in total. The van der Waals surface area contributed by atoms with E-state index < -0.39 is 0 Å². The van der Waals surface area contributed by atoms with Crippen molar-refractivity contribution >= 4 is 0 Å². The van der Waals surface area contributed by atoms with Gasteiger partial charge in [-0.05, 0) is 52.8 Å². The van der Waals surface area contributed by atoms with Gasteiger partial charge in [0.05, 0.1) is 0 Å². The molecule has 2 heteroatoms. The molecular formula is C21H19NO. The minimum Gasteiger partial charge on any atom is -0.369 e. The number of benzene rings is 2. The topological polar surface area (TPSA) is 22.1 Å². The van der Waals surface area contributed by atoms with E-state index in [2.05, 4.69) is 65.6 Å². The lowest BCUT2D eigenvalue weighted by molar-refractivity contribution is 0.0812. The summed E-state index contributed by atoms with van der Waals surface area (Å²) in [4.78, 5) is 4.06. The summed E-state index contributed by atoms with van der Waals surface area (Å²) in [6.45, 7) is 0.760. The molecule has 0 saturated carbocycles. The van der Waals surface area contributed by atoms with Crippen LogP contribution in [0.2, 0.25) is 0 Å². The Hall–Kier alpha value is -2.45. The summed E-state index contributed by atoms with van der Waals surface area (Å²) in [5, 5.41) is 0. The highest BCUT2D eigenvalue weighted by Crippen LogP contribution is 2.44. The highest BCUT2D eigenvalue weighted by atomic mass is 16.5. The van der Waals surface area contributed by atoms with Crippen molar-refractivity contribution in [1.29, 1.82) is 0 Å². The Morgan fingerprint density at radius 1 is 0.783 bits per heavy atom. The molecular weight excluding hydrogens is 282 g/mol. The van der Waals surface area contributed by atoms with Crippen LogP contribution in [0.25, 0.3) is 11.1 Å². The van der Waals surface area contributed by atoms with E-state index in [1.165, 1.54) is 27.8 Å². The van der Waals surface area contributed by atoms with Crippen LogP contribution >= 0.6 is 0 Å². The first kappa shape index (κ1) is 14.2. The van der Waals surface area contributed by atoms with Crippen LogP contribution in [0.15, 0.2) is 73.1 Å². The Morgan fingerprint density at radius 3 is 2.04 bits per heavy atom. The number of ether oxygens (including phenoxy) is 1. The maximum Gasteiger partial charge on any atom is 0.109 e. The van der Waals surface area contributed by atoms with Gasteiger partial charge in [0.15, 0.2) is 0 Å². The summed E-state index contributed by atoms with van der Waals surface area (Å²) >= 11 is 0. The van der Waals surface area contributed by atoms with Crippen molar-refractivity contribution in [2.24, 2.45) is 0 Å². The first-order valence-electron chi connectivity index (χ1n) is 8.12. The van der Waals surface area contributed by atoms with Crippen LogP contribution in [0.3, 0.4) is 0 Å². The van der Waals surface area contributed by atoms with Gasteiger partial charge in [-0.1, -0.05) is 48.5 Å². The van der Waals surface area contributed by atoms with Gasteiger partial charge in [0, 0.05) is 19.0 Å². The van der Waals surface area contributed by atoms with Crippen LogP contribution < -0.4 is 0 Å². The average Bonchev–Trinajstić information content (AvgIpc) is 2.94. The number of aryl methyl sites for hydroxylation is 1. The molecule has 1 aromatic heterocycles. The van der Waals surface area contributed by atoms with Crippen molar-refractivity contribution in [3.63, 3.8) is 0 Å². The second kappa shape index (κ2) is 6.35. The monoisotopic (exact) mass is 301 g/mol. The number of rotatable bonds is 5. The first-order valence-corrected chi connectivity index (χ1v) is 8.12. The van der Waals surface area contributed by atoms with E-state index in [-0.39, 0.29) is 6.10 Å². The van der Waals surface area contributed by atoms with Crippen LogP contribution in [0.4, 0.5) is 0 Å². The number of hydrogen-bond acceptors (Lipinski definition) is 2. The zero-order valence-corrected chi connectivity index (χ0v) is 13.0. The molecule has 1 heterocycles. The van der Waals surface area contributed by atoms with E-state index in [1.807, 2.05) is 12.4 Å². The molecule has 0 aliphatic heterocycles. The molecule has 0 radical (unpaired) electrons. The molecule has 3 aromatic rings. The predicted molar refractivity (Wildman–Crippen MR) is 92.2 cm³/mol. The average molecular weight is 301 g/mol. The number of pyridine rings is 1. The first-order chi connectivity index (χ1) is 11.4. The van der Waals surface area contributed by atoms with E-state index in [1.54, 1.807) is 0 Å². The van der Waals surface area contributed by atoms with Crippen LogP contribution in [0, 0.1) is 0 Å². The third-order valence-electron chi connectivity index (χ3n) is 4.42. The second-order valence-corrected chi connectivity index (χ2v) is 5.88. The van der Waals surface area contributed by atoms with Gasteiger partial charge in [0.2, 0.25) is 0 Å². The molecule has 4 rings (SSSR count). The maximum atomic E-state index is 6.26. The summed E-state index contributed by atoms with van der Waals surface area (Å²) in [6, 6.07) is 21.3. The highest BCUT2D eigenvalue weighted by molar-refractivity contribution is 5.77. The summed E-state index contributed by atoms with van der Waals surface area (Å²) in [5.74, 6) is 0. The van der Waals surface area contributed by atoms with Crippen molar-refractivity contribution in [2.75, 3.05) is 6.61 Å². The summed E-state index contributed by atoms with van der Waals surface area (Å²) < 4.78 is 6.26. The van der Waals surface area contributed by atoms with Crippen molar-refractivity contribution in [3.8, 4) is 11.1 Å². The van der Waals surface area contributed by atoms with E-state index in [0.717, 1.165) is 19.4 Å². The molecule has 114 valence electrons. The number of aromatic nitrogens is 1. The third-order valence-corrected chi connectivity index (χ3v) is 4.42. The largest absolute Gasteiger partial charge is 0.369 e. The minimum atomic E-state index is 0.0693. The fourth-order valence-corrected chi connectivity index (χ4v) is 3.32. The van der Waals surface area contributed by atoms with Gasteiger partial charge < -0.3 is 4.74 Å². The highest BCUT2D eigenvalue weighted by Gasteiger charge is 2.28. The summed E-state index contributed by atoms with van der Waals surface area (Å²) in [7, 11) is 0. The molecule has 0 spiro atoms. The van der Waals surface area contributed by atoms with Crippen LogP contribution in [0.1, 0.15) is 29.2 Å². The quantitative estimate of drug-likeness (QED) is 0.631. The van der Waals surface area contributed by atoms with Gasteiger partial charge in [-0.25, -0.2) is 0 Å². The van der Waals surface area contributed by atoms with Crippen LogP contribution in [-0.4, -0.2) is 11.6 Å². The molecule has 0 amide bonds. The Balaban J connectivity index is 1.47. The van der Waals surface area contributed by atoms with E-state index >= 15 is 0 Å². The Morgan fingerprint density at radius 2 is 1.39 bits per heavy atom. The summed E-state index contributed by atoms with van der Waals surface area (Å²) in [6.07, 6.45) is 5.81. The van der Waals surface area contributed by atoms with Crippen LogP contribution in [-0.2, 0) is 11.2 Å². The van der Waals surface area contributed by atoms with E-state index in [4.69, 9.17) is 4.74 Å². The van der Waals surface area contributed by atoms with Crippen molar-refractivity contribution in [3.05, 3.63) is 89.7 Å². The zero-order chi connectivity index (χ0) is 15.5. The number of nitrogens with zero attached hydrogens (tertiary/aromatic N) is 1. The SMILES string of the molecule is c1ccc2c(c1)-c1ccccc1C2OCCCc1ccncc1. The number of hydrogen-bond donors (Lipinski definition) is 0. The zero-order valence-electron chi connectivity index (χ0n) is 13.0. The van der Waals surface area contributed by atoms with Crippen molar-refractivity contribution in [1.82, 2.24) is 4.98 Å². The van der Waals surface area contributed by atoms with Gasteiger partial charge in [0.25, 0.3) is 0 Å². The molecule has 0 fully saturated rings. The molecule has 1 aliphatic carbocycles. The predicted octanol–water partition coefficient (Wildman–Crippen LogP) is 4.80. The van der Waals surface area contributed by atoms with Gasteiger partial charge in [0.1, 0.15) is 6.10 Å². The summed E-state index contributed by atoms with van der Waals surface area (Å²) in [5.41, 5.74) is 6.51. The van der Waals surface area contributed by atoms with Crippen molar-refractivity contribution in [2.45, 2.75) is 18.9 Å². The third kappa shape index (κ3) is 2.78. The molecule has 0 saturated heterocycles. The van der Waals surface area contributed by atoms with Crippen LogP contribution in [0.5, 0.6) is 0 Å². The standard InChI is InChI=1S/C21H19NO/c1-3-9-19-17(7-1)18-8-2-4-10-20(18)21(19)23-15-5-6-16-11-13-22-14-12-16/h1-4,7-14,21H,5-6,15H2. The fraction of sp³-hybridized carbons (Fsp3) is 0.190. The molecule has 2 aromatic carbocycles. The van der Waals surface area contributed by atoms with Crippen molar-refractivity contribution < 1.29 is 4.74 Å². The lowest BCUT2D eigenvalue weighted by Gasteiger charge is -2.15. The molecule has 1 aliphatic rings. The van der Waals surface area contributed by atoms with E-state index in [9.17, 15) is 0 Å². The molecule has 0 bridgehead atoms. The Kier molecular flexibility index (Phi) is 3.91. The lowest BCUT2D eigenvalue weighted by atomic mass is 10.1. The maximum absolute atomic E-state index is 6.26. The smallest absolute Gasteiger partial charge is 0.109 e. The fourth-order valence-electron chi connectivity index (χ4n) is 3.32. The van der Waals surface area contributed by atoms with Gasteiger partial charge >= 0.3 is 0 Å². The Labute approximate surface area is 136 Å². The number of fused-ring (bicyclic) bond motifs is 3. The van der Waals surface area contributed by atoms with Gasteiger partial charge in [-0.15, -0.1) is 0 Å². The molecule has 0 N–H and O–H groups in total.